The Morgan fingerprint density at radius 1 is 1.11 bits per heavy atom. The van der Waals surface area contributed by atoms with Gasteiger partial charge < -0.3 is 24.8 Å². The number of nitrogens with one attached hydrogen (secondary N) is 3. The van der Waals surface area contributed by atoms with E-state index < -0.39 is 0 Å². The molecule has 1 fully saturated rings. The van der Waals surface area contributed by atoms with Crippen molar-refractivity contribution in [1.82, 2.24) is 20.9 Å². The molecule has 3 heterocycles. The summed E-state index contributed by atoms with van der Waals surface area (Å²) in [7, 11) is 1.73. The highest BCUT2D eigenvalue weighted by molar-refractivity contribution is 14.0. The Bertz CT molecular complexity index is 712. The fourth-order valence-electron chi connectivity index (χ4n) is 3.21. The number of nitrogens with zero attached hydrogens (tertiary/aromatic N) is 2. The molecule has 0 aliphatic carbocycles. The van der Waals surface area contributed by atoms with Gasteiger partial charge in [0, 0.05) is 26.7 Å². The maximum absolute atomic E-state index is 11.8. The van der Waals surface area contributed by atoms with E-state index in [1.165, 1.54) is 19.1 Å². The summed E-state index contributed by atoms with van der Waals surface area (Å²) in [6.45, 7) is 3.89. The van der Waals surface area contributed by atoms with E-state index in [4.69, 9.17) is 8.83 Å². The number of halogens is 1. The molecule has 28 heavy (non-hydrogen) atoms. The van der Waals surface area contributed by atoms with Gasteiger partial charge in [-0.05, 0) is 50.2 Å². The van der Waals surface area contributed by atoms with Gasteiger partial charge in [0.05, 0.1) is 18.6 Å². The fourth-order valence-corrected chi connectivity index (χ4v) is 3.21. The van der Waals surface area contributed by atoms with Crippen molar-refractivity contribution in [3.05, 3.63) is 48.3 Å². The minimum absolute atomic E-state index is 0. The first-order valence-electron chi connectivity index (χ1n) is 9.31. The van der Waals surface area contributed by atoms with E-state index in [1.807, 2.05) is 12.1 Å². The molecule has 0 spiro atoms. The van der Waals surface area contributed by atoms with Gasteiger partial charge in [0.15, 0.2) is 11.7 Å². The van der Waals surface area contributed by atoms with Crippen LogP contribution in [0.25, 0.3) is 0 Å². The standard InChI is InChI=1S/C19H27N5O3.HI/c1-20-19(22-9-8-21-18(25)17-7-5-13-27-17)23-14-15(16-6-4-12-26-16)24-10-2-3-11-24;/h4-7,12-13,15H,2-3,8-11,14H2,1H3,(H,21,25)(H2,20,22,23);1H. The number of hydrogen-bond donors (Lipinski definition) is 3. The molecule has 0 radical (unpaired) electrons. The van der Waals surface area contributed by atoms with Crippen LogP contribution in [0, 0.1) is 0 Å². The molecule has 2 aromatic heterocycles. The smallest absolute Gasteiger partial charge is 0.287 e. The number of carbonyl (C=O) groups is 1. The first-order chi connectivity index (χ1) is 13.3. The average molecular weight is 501 g/mol. The van der Waals surface area contributed by atoms with Crippen molar-refractivity contribution in [2.75, 3.05) is 39.8 Å². The van der Waals surface area contributed by atoms with E-state index in [1.54, 1.807) is 25.4 Å². The number of furan rings is 2. The van der Waals surface area contributed by atoms with E-state index in [0.717, 1.165) is 18.8 Å². The molecule has 3 rings (SSSR count). The highest BCUT2D eigenvalue weighted by Crippen LogP contribution is 2.24. The van der Waals surface area contributed by atoms with Gasteiger partial charge in [-0.2, -0.15) is 0 Å². The first-order valence-corrected chi connectivity index (χ1v) is 9.31. The minimum Gasteiger partial charge on any atom is -0.468 e. The summed E-state index contributed by atoms with van der Waals surface area (Å²) >= 11 is 0. The van der Waals surface area contributed by atoms with Crippen molar-refractivity contribution >= 4 is 35.8 Å². The molecular formula is C19H28IN5O3. The molecule has 8 nitrogen and oxygen atoms in total. The van der Waals surface area contributed by atoms with Crippen molar-refractivity contribution in [1.29, 1.82) is 0 Å². The van der Waals surface area contributed by atoms with Crippen molar-refractivity contribution in [3.8, 4) is 0 Å². The summed E-state index contributed by atoms with van der Waals surface area (Å²) in [4.78, 5) is 18.5. The minimum atomic E-state index is -0.225. The molecule has 3 N–H and O–H groups in total. The lowest BCUT2D eigenvalue weighted by molar-refractivity contribution is 0.0926. The number of carbonyl (C=O) groups excluding carboxylic acids is 1. The number of aliphatic imine (C=N–C) groups is 1. The molecule has 0 bridgehead atoms. The number of hydrogen-bond acceptors (Lipinski definition) is 5. The van der Waals surface area contributed by atoms with Crippen LogP contribution in [0.5, 0.6) is 0 Å². The number of rotatable bonds is 8. The van der Waals surface area contributed by atoms with E-state index in [2.05, 4.69) is 25.8 Å². The van der Waals surface area contributed by atoms with Gasteiger partial charge in [0.1, 0.15) is 5.76 Å². The molecule has 1 saturated heterocycles. The number of guanidine groups is 1. The SMILES string of the molecule is CN=C(NCCNC(=O)c1ccco1)NCC(c1ccco1)N1CCCC1.I. The summed E-state index contributed by atoms with van der Waals surface area (Å²) in [6, 6.07) is 7.45. The Kier molecular flexibility index (Phi) is 9.35. The molecule has 0 saturated carbocycles. The highest BCUT2D eigenvalue weighted by Gasteiger charge is 2.25. The largest absolute Gasteiger partial charge is 0.468 e. The Labute approximate surface area is 182 Å². The zero-order valence-corrected chi connectivity index (χ0v) is 18.3. The maximum Gasteiger partial charge on any atom is 0.287 e. The second kappa shape index (κ2) is 11.7. The van der Waals surface area contributed by atoms with Crippen LogP contribution in [0.2, 0.25) is 0 Å². The van der Waals surface area contributed by atoms with Crippen LogP contribution in [-0.2, 0) is 0 Å². The molecule has 2 aromatic rings. The third-order valence-corrected chi connectivity index (χ3v) is 4.59. The average Bonchev–Trinajstić information content (AvgIpc) is 3.45. The number of amides is 1. The van der Waals surface area contributed by atoms with Crippen LogP contribution in [-0.4, -0.2) is 56.5 Å². The normalized spacial score (nSPS) is 15.7. The monoisotopic (exact) mass is 501 g/mol. The highest BCUT2D eigenvalue weighted by atomic mass is 127. The maximum atomic E-state index is 11.8. The van der Waals surface area contributed by atoms with Gasteiger partial charge in [0.25, 0.3) is 5.91 Å². The second-order valence-corrected chi connectivity index (χ2v) is 6.39. The van der Waals surface area contributed by atoms with Crippen molar-refractivity contribution in [3.63, 3.8) is 0 Å². The van der Waals surface area contributed by atoms with Crippen molar-refractivity contribution < 1.29 is 13.6 Å². The van der Waals surface area contributed by atoms with E-state index in [-0.39, 0.29) is 35.9 Å². The first kappa shape index (κ1) is 22.3. The zero-order valence-electron chi connectivity index (χ0n) is 16.0. The lowest BCUT2D eigenvalue weighted by Crippen LogP contribution is -2.44. The molecule has 1 aliphatic rings. The van der Waals surface area contributed by atoms with E-state index in [0.29, 0.717) is 31.4 Å². The van der Waals surface area contributed by atoms with E-state index in [9.17, 15) is 4.79 Å². The van der Waals surface area contributed by atoms with Gasteiger partial charge in [-0.15, -0.1) is 24.0 Å². The van der Waals surface area contributed by atoms with Gasteiger partial charge in [-0.25, -0.2) is 0 Å². The number of likely N-dealkylation sites (tertiary alicyclic amines) is 1. The van der Waals surface area contributed by atoms with Crippen LogP contribution in [0.15, 0.2) is 50.6 Å². The molecule has 9 heteroatoms. The van der Waals surface area contributed by atoms with Gasteiger partial charge in [0.2, 0.25) is 0 Å². The van der Waals surface area contributed by atoms with Crippen LogP contribution in [0.4, 0.5) is 0 Å². The van der Waals surface area contributed by atoms with Crippen LogP contribution in [0.1, 0.15) is 35.2 Å². The summed E-state index contributed by atoms with van der Waals surface area (Å²) in [6.07, 6.45) is 5.64. The Morgan fingerprint density at radius 3 is 2.46 bits per heavy atom. The van der Waals surface area contributed by atoms with Crippen LogP contribution in [0.3, 0.4) is 0 Å². The predicted molar refractivity (Wildman–Crippen MR) is 118 cm³/mol. The lowest BCUT2D eigenvalue weighted by Gasteiger charge is -2.26. The topological polar surface area (TPSA) is 95.0 Å². The molecular weight excluding hydrogens is 473 g/mol. The van der Waals surface area contributed by atoms with Crippen molar-refractivity contribution in [2.24, 2.45) is 4.99 Å². The van der Waals surface area contributed by atoms with Gasteiger partial charge in [-0.3, -0.25) is 14.7 Å². The van der Waals surface area contributed by atoms with Crippen LogP contribution >= 0.6 is 24.0 Å². The predicted octanol–water partition coefficient (Wildman–Crippen LogP) is 2.22. The third-order valence-electron chi connectivity index (χ3n) is 4.59. The fraction of sp³-hybridized carbons (Fsp3) is 0.474. The van der Waals surface area contributed by atoms with Gasteiger partial charge >= 0.3 is 0 Å². The Morgan fingerprint density at radius 2 is 1.82 bits per heavy atom. The van der Waals surface area contributed by atoms with Crippen molar-refractivity contribution in [2.45, 2.75) is 18.9 Å². The summed E-state index contributed by atoms with van der Waals surface area (Å²) in [5.41, 5.74) is 0. The lowest BCUT2D eigenvalue weighted by atomic mass is 10.2. The molecule has 0 aromatic carbocycles. The summed E-state index contributed by atoms with van der Waals surface area (Å²) < 4.78 is 10.7. The van der Waals surface area contributed by atoms with E-state index >= 15 is 0 Å². The zero-order chi connectivity index (χ0) is 18.9. The molecule has 154 valence electrons. The van der Waals surface area contributed by atoms with Crippen LogP contribution < -0.4 is 16.0 Å². The summed E-state index contributed by atoms with van der Waals surface area (Å²) in [5, 5.41) is 9.36. The molecule has 1 aliphatic heterocycles. The molecule has 1 unspecified atom stereocenters. The van der Waals surface area contributed by atoms with Gasteiger partial charge in [-0.1, -0.05) is 0 Å². The second-order valence-electron chi connectivity index (χ2n) is 6.39. The third kappa shape index (κ3) is 6.26. The molecule has 1 atom stereocenters. The Hall–Kier alpha value is -2.01. The Balaban J connectivity index is 0.00000280. The quantitative estimate of drug-likeness (QED) is 0.222. The molecule has 1 amide bonds. The summed E-state index contributed by atoms with van der Waals surface area (Å²) in [5.74, 6) is 1.74.